The van der Waals surface area contributed by atoms with Crippen LogP contribution in [0, 0.1) is 0 Å². The second kappa shape index (κ2) is 8.76. The van der Waals surface area contributed by atoms with Gasteiger partial charge in [-0.1, -0.05) is 6.92 Å². The quantitative estimate of drug-likeness (QED) is 0.667. The topological polar surface area (TPSA) is 82.1 Å². The van der Waals surface area contributed by atoms with Crippen LogP contribution in [-0.2, 0) is 9.53 Å². The zero-order chi connectivity index (χ0) is 15.0. The molecule has 0 spiro atoms. The van der Waals surface area contributed by atoms with Gasteiger partial charge in [0.25, 0.3) is 0 Å². The van der Waals surface area contributed by atoms with Crippen molar-refractivity contribution in [2.75, 3.05) is 46.4 Å². The average molecular weight is 287 g/mol. The summed E-state index contributed by atoms with van der Waals surface area (Å²) < 4.78 is 4.89. The molecule has 7 heteroatoms. The molecule has 1 heterocycles. The van der Waals surface area contributed by atoms with Crippen LogP contribution in [0.4, 0.5) is 4.79 Å². The molecule has 0 aliphatic carbocycles. The molecule has 0 bridgehead atoms. The highest BCUT2D eigenvalue weighted by Crippen LogP contribution is 2.15. The van der Waals surface area contributed by atoms with E-state index < -0.39 is 5.97 Å². The van der Waals surface area contributed by atoms with Crippen LogP contribution in [0.5, 0.6) is 0 Å². The van der Waals surface area contributed by atoms with Crippen molar-refractivity contribution in [2.24, 2.45) is 0 Å². The fourth-order valence-electron chi connectivity index (χ4n) is 2.48. The molecular formula is C13H25N3O4. The standard InChI is InChI=1S/C13H25N3O4/c1-3-15-6-4-5-11(15)9-14-13(19)16(7-8-20-2)10-12(17)18/h11H,3-10H2,1-2H3,(H,14,19)(H,17,18). The van der Waals surface area contributed by atoms with E-state index in [1.807, 2.05) is 0 Å². The summed E-state index contributed by atoms with van der Waals surface area (Å²) in [6.45, 7) is 5.01. The van der Waals surface area contributed by atoms with Crippen LogP contribution >= 0.6 is 0 Å². The van der Waals surface area contributed by atoms with E-state index in [1.165, 1.54) is 12.0 Å². The van der Waals surface area contributed by atoms with Gasteiger partial charge in [-0.05, 0) is 25.9 Å². The molecule has 1 rings (SSSR count). The van der Waals surface area contributed by atoms with Gasteiger partial charge in [-0.15, -0.1) is 0 Å². The molecule has 1 atom stereocenters. The second-order valence-corrected chi connectivity index (χ2v) is 4.92. The van der Waals surface area contributed by atoms with E-state index in [1.54, 1.807) is 0 Å². The van der Waals surface area contributed by atoms with Crippen LogP contribution in [-0.4, -0.2) is 79.4 Å². The Bertz CT molecular complexity index is 325. The number of likely N-dealkylation sites (tertiary alicyclic amines) is 1. The van der Waals surface area contributed by atoms with Crippen LogP contribution in [0.3, 0.4) is 0 Å². The molecular weight excluding hydrogens is 262 g/mol. The molecule has 1 aliphatic rings. The summed E-state index contributed by atoms with van der Waals surface area (Å²) in [5.41, 5.74) is 0. The van der Waals surface area contributed by atoms with Crippen molar-refractivity contribution in [1.29, 1.82) is 0 Å². The van der Waals surface area contributed by atoms with E-state index in [-0.39, 0.29) is 19.1 Å². The van der Waals surface area contributed by atoms with Gasteiger partial charge in [0.1, 0.15) is 6.54 Å². The van der Waals surface area contributed by atoms with Gasteiger partial charge in [0, 0.05) is 26.2 Å². The third-order valence-corrected chi connectivity index (χ3v) is 3.57. The molecule has 0 saturated carbocycles. The minimum atomic E-state index is -1.02. The highest BCUT2D eigenvalue weighted by Gasteiger charge is 2.24. The molecule has 1 saturated heterocycles. The molecule has 2 amide bonds. The van der Waals surface area contributed by atoms with Crippen LogP contribution in [0.25, 0.3) is 0 Å². The maximum Gasteiger partial charge on any atom is 0.323 e. The summed E-state index contributed by atoms with van der Waals surface area (Å²) in [6, 6.07) is 0.0189. The van der Waals surface area contributed by atoms with Crippen molar-refractivity contribution in [3.8, 4) is 0 Å². The first-order valence-electron chi connectivity index (χ1n) is 7.06. The number of rotatable bonds is 8. The number of amides is 2. The van der Waals surface area contributed by atoms with Gasteiger partial charge >= 0.3 is 12.0 Å². The van der Waals surface area contributed by atoms with Crippen LogP contribution in [0.15, 0.2) is 0 Å². The van der Waals surface area contributed by atoms with Crippen molar-refractivity contribution in [2.45, 2.75) is 25.8 Å². The predicted octanol–water partition coefficient (Wildman–Crippen LogP) is 0.213. The van der Waals surface area contributed by atoms with E-state index in [0.717, 1.165) is 25.9 Å². The van der Waals surface area contributed by atoms with Gasteiger partial charge in [-0.3, -0.25) is 9.69 Å². The van der Waals surface area contributed by atoms with Crippen molar-refractivity contribution in [3.63, 3.8) is 0 Å². The number of carbonyl (C=O) groups is 2. The smallest absolute Gasteiger partial charge is 0.323 e. The number of ether oxygens (including phenoxy) is 1. The first-order chi connectivity index (χ1) is 9.58. The number of carbonyl (C=O) groups excluding carboxylic acids is 1. The Labute approximate surface area is 119 Å². The van der Waals surface area contributed by atoms with Gasteiger partial charge in [-0.2, -0.15) is 0 Å². The van der Waals surface area contributed by atoms with Gasteiger partial charge < -0.3 is 20.1 Å². The Balaban J connectivity index is 2.42. The van der Waals surface area contributed by atoms with Gasteiger partial charge in [-0.25, -0.2) is 4.79 Å². The number of aliphatic carboxylic acids is 1. The number of hydrogen-bond donors (Lipinski definition) is 2. The molecule has 0 aromatic rings. The number of carboxylic acids is 1. The van der Waals surface area contributed by atoms with Crippen LogP contribution < -0.4 is 5.32 Å². The Kier molecular flexibility index (Phi) is 7.32. The number of carboxylic acid groups (broad SMARTS) is 1. The van der Waals surface area contributed by atoms with Crippen molar-refractivity contribution < 1.29 is 19.4 Å². The number of urea groups is 1. The Morgan fingerprint density at radius 1 is 1.50 bits per heavy atom. The lowest BCUT2D eigenvalue weighted by Crippen LogP contribution is -2.48. The number of likely N-dealkylation sites (N-methyl/N-ethyl adjacent to an activating group) is 1. The highest BCUT2D eigenvalue weighted by atomic mass is 16.5. The normalized spacial score (nSPS) is 19.0. The lowest BCUT2D eigenvalue weighted by molar-refractivity contribution is -0.137. The molecule has 7 nitrogen and oxygen atoms in total. The SMILES string of the molecule is CCN1CCCC1CNC(=O)N(CCOC)CC(=O)O. The summed E-state index contributed by atoms with van der Waals surface area (Å²) >= 11 is 0. The van der Waals surface area contributed by atoms with Crippen molar-refractivity contribution >= 4 is 12.0 Å². The highest BCUT2D eigenvalue weighted by molar-refractivity contribution is 5.80. The largest absolute Gasteiger partial charge is 0.480 e. The molecule has 1 unspecified atom stereocenters. The molecule has 1 fully saturated rings. The lowest BCUT2D eigenvalue weighted by atomic mass is 10.2. The van der Waals surface area contributed by atoms with Crippen LogP contribution in [0.2, 0.25) is 0 Å². The van der Waals surface area contributed by atoms with Crippen LogP contribution in [0.1, 0.15) is 19.8 Å². The Hall–Kier alpha value is -1.34. The van der Waals surface area contributed by atoms with Crippen molar-refractivity contribution in [3.05, 3.63) is 0 Å². The van der Waals surface area contributed by atoms with Gasteiger partial charge in [0.15, 0.2) is 0 Å². The maximum absolute atomic E-state index is 12.0. The zero-order valence-electron chi connectivity index (χ0n) is 12.3. The first kappa shape index (κ1) is 16.7. The van der Waals surface area contributed by atoms with E-state index >= 15 is 0 Å². The minimum absolute atomic E-state index is 0.275. The number of nitrogens with zero attached hydrogens (tertiary/aromatic N) is 2. The fraction of sp³-hybridized carbons (Fsp3) is 0.846. The lowest BCUT2D eigenvalue weighted by Gasteiger charge is -2.25. The molecule has 0 aromatic heterocycles. The molecule has 0 radical (unpaired) electrons. The summed E-state index contributed by atoms with van der Waals surface area (Å²) in [5, 5.41) is 11.7. The summed E-state index contributed by atoms with van der Waals surface area (Å²) in [6.07, 6.45) is 2.22. The summed E-state index contributed by atoms with van der Waals surface area (Å²) in [5.74, 6) is -1.02. The van der Waals surface area contributed by atoms with Crippen molar-refractivity contribution in [1.82, 2.24) is 15.1 Å². The molecule has 0 aromatic carbocycles. The van der Waals surface area contributed by atoms with E-state index in [4.69, 9.17) is 9.84 Å². The fourth-order valence-corrected chi connectivity index (χ4v) is 2.48. The van der Waals surface area contributed by atoms with Gasteiger partial charge in [0.05, 0.1) is 6.61 Å². The monoisotopic (exact) mass is 287 g/mol. The minimum Gasteiger partial charge on any atom is -0.480 e. The van der Waals surface area contributed by atoms with E-state index in [9.17, 15) is 9.59 Å². The number of methoxy groups -OCH3 is 1. The Morgan fingerprint density at radius 3 is 2.85 bits per heavy atom. The summed E-state index contributed by atoms with van der Waals surface area (Å²) in [7, 11) is 1.52. The molecule has 20 heavy (non-hydrogen) atoms. The molecule has 2 N–H and O–H groups in total. The van der Waals surface area contributed by atoms with E-state index in [0.29, 0.717) is 19.2 Å². The predicted molar refractivity (Wildman–Crippen MR) is 74.8 cm³/mol. The first-order valence-corrected chi connectivity index (χ1v) is 7.06. The Morgan fingerprint density at radius 2 is 2.25 bits per heavy atom. The number of nitrogens with one attached hydrogen (secondary N) is 1. The molecule has 116 valence electrons. The molecule has 1 aliphatic heterocycles. The third kappa shape index (κ3) is 5.34. The van der Waals surface area contributed by atoms with E-state index in [2.05, 4.69) is 17.1 Å². The summed E-state index contributed by atoms with van der Waals surface area (Å²) in [4.78, 5) is 26.4. The van der Waals surface area contributed by atoms with Gasteiger partial charge in [0.2, 0.25) is 0 Å². The second-order valence-electron chi connectivity index (χ2n) is 4.92. The zero-order valence-corrected chi connectivity index (χ0v) is 12.3. The average Bonchev–Trinajstić information content (AvgIpc) is 2.87. The maximum atomic E-state index is 12.0. The third-order valence-electron chi connectivity index (χ3n) is 3.57. The number of hydrogen-bond acceptors (Lipinski definition) is 4.